The quantitative estimate of drug-likeness (QED) is 0.399. The van der Waals surface area contributed by atoms with E-state index in [-0.39, 0.29) is 23.1 Å². The number of carbonyl (C=O) groups excluding carboxylic acids is 2. The van der Waals surface area contributed by atoms with Crippen LogP contribution in [0.2, 0.25) is 0 Å². The molecule has 0 spiro atoms. The van der Waals surface area contributed by atoms with Crippen molar-refractivity contribution in [3.63, 3.8) is 0 Å². The van der Waals surface area contributed by atoms with Crippen molar-refractivity contribution in [3.8, 4) is 0 Å². The molecule has 1 unspecified atom stereocenters. The highest BCUT2D eigenvalue weighted by molar-refractivity contribution is 5.96. The van der Waals surface area contributed by atoms with Crippen LogP contribution in [-0.2, 0) is 9.59 Å². The number of carbonyl (C=O) groups is 2. The van der Waals surface area contributed by atoms with E-state index in [2.05, 4.69) is 75.0 Å². The van der Waals surface area contributed by atoms with Gasteiger partial charge in [-0.05, 0) is 69.5 Å². The first kappa shape index (κ1) is 28.4. The van der Waals surface area contributed by atoms with Gasteiger partial charge in [0.25, 0.3) is 0 Å². The van der Waals surface area contributed by atoms with E-state index in [4.69, 9.17) is 0 Å². The first-order valence-electron chi connectivity index (χ1n) is 12.6. The molecule has 0 aromatic carbocycles. The Balaban J connectivity index is 2.67. The zero-order valence-electron chi connectivity index (χ0n) is 21.7. The smallest absolute Gasteiger partial charge is 0.247 e. The Bertz CT molecular complexity index is 641. The average molecular weight is 449 g/mol. The largest absolute Gasteiger partial charge is 0.356 e. The Kier molecular flexibility index (Phi) is 12.8. The summed E-state index contributed by atoms with van der Waals surface area (Å²) in [6, 6.07) is 0. The van der Waals surface area contributed by atoms with Crippen molar-refractivity contribution >= 4 is 11.8 Å². The number of hydrogen-bond donors (Lipinski definition) is 2. The van der Waals surface area contributed by atoms with E-state index >= 15 is 0 Å². The van der Waals surface area contributed by atoms with Gasteiger partial charge in [-0.2, -0.15) is 0 Å². The molecule has 0 saturated heterocycles. The molecule has 184 valence electrons. The van der Waals surface area contributed by atoms with Crippen LogP contribution in [-0.4, -0.2) is 74.0 Å². The highest BCUT2D eigenvalue weighted by Crippen LogP contribution is 2.34. The van der Waals surface area contributed by atoms with Crippen molar-refractivity contribution < 1.29 is 9.59 Å². The predicted molar refractivity (Wildman–Crippen MR) is 135 cm³/mol. The second kappa shape index (κ2) is 14.5. The Morgan fingerprint density at radius 2 is 1.41 bits per heavy atom. The monoisotopic (exact) mass is 448 g/mol. The maximum Gasteiger partial charge on any atom is 0.247 e. The van der Waals surface area contributed by atoms with Crippen LogP contribution >= 0.6 is 0 Å². The van der Waals surface area contributed by atoms with E-state index in [9.17, 15) is 9.59 Å². The minimum Gasteiger partial charge on any atom is -0.356 e. The second-order valence-electron chi connectivity index (χ2n) is 9.66. The molecule has 0 aliphatic heterocycles. The molecule has 6 heteroatoms. The van der Waals surface area contributed by atoms with Crippen molar-refractivity contribution in [1.29, 1.82) is 0 Å². The average Bonchev–Trinajstić information content (AvgIpc) is 2.78. The van der Waals surface area contributed by atoms with E-state index in [1.165, 1.54) is 0 Å². The van der Waals surface area contributed by atoms with Gasteiger partial charge in [-0.15, -0.1) is 0 Å². The Morgan fingerprint density at radius 3 is 1.88 bits per heavy atom. The highest BCUT2D eigenvalue weighted by atomic mass is 16.2. The Hall–Kier alpha value is -1.66. The fraction of sp³-hybridized carbons (Fsp3) is 0.769. The van der Waals surface area contributed by atoms with Gasteiger partial charge in [-0.1, -0.05) is 60.6 Å². The molecular weight excluding hydrogens is 400 g/mol. The molecule has 1 aliphatic rings. The van der Waals surface area contributed by atoms with Crippen LogP contribution < -0.4 is 10.6 Å². The SMILES string of the molecule is CCN(CC)CCCNC(=O)C1=CC(C(C)(C)C)=CC(C(=O)NCCCN(CC)CC)C1. The lowest BCUT2D eigenvalue weighted by Gasteiger charge is -2.28. The van der Waals surface area contributed by atoms with Crippen molar-refractivity contribution in [2.75, 3.05) is 52.4 Å². The number of nitrogens with zero attached hydrogens (tertiary/aromatic N) is 2. The van der Waals surface area contributed by atoms with Crippen LogP contribution in [0.4, 0.5) is 0 Å². The zero-order chi connectivity index (χ0) is 24.1. The van der Waals surface area contributed by atoms with E-state index in [0.717, 1.165) is 57.7 Å². The third-order valence-electron chi connectivity index (χ3n) is 6.32. The molecule has 0 heterocycles. The van der Waals surface area contributed by atoms with Crippen LogP contribution in [0.3, 0.4) is 0 Å². The van der Waals surface area contributed by atoms with Crippen LogP contribution in [0.5, 0.6) is 0 Å². The molecule has 1 aliphatic carbocycles. The van der Waals surface area contributed by atoms with E-state index < -0.39 is 0 Å². The summed E-state index contributed by atoms with van der Waals surface area (Å²) in [7, 11) is 0. The molecule has 0 bridgehead atoms. The molecule has 32 heavy (non-hydrogen) atoms. The zero-order valence-corrected chi connectivity index (χ0v) is 21.7. The van der Waals surface area contributed by atoms with Gasteiger partial charge >= 0.3 is 0 Å². The molecule has 0 aromatic rings. The lowest BCUT2D eigenvalue weighted by atomic mass is 9.78. The molecule has 0 aromatic heterocycles. The number of amides is 2. The summed E-state index contributed by atoms with van der Waals surface area (Å²) < 4.78 is 0. The molecule has 1 rings (SSSR count). The van der Waals surface area contributed by atoms with Gasteiger partial charge in [-0.3, -0.25) is 9.59 Å². The van der Waals surface area contributed by atoms with Crippen LogP contribution in [0.15, 0.2) is 23.3 Å². The normalized spacial score (nSPS) is 16.7. The molecular formula is C26H48N4O2. The summed E-state index contributed by atoms with van der Waals surface area (Å²) in [5.74, 6) is -0.316. The second-order valence-corrected chi connectivity index (χ2v) is 9.66. The summed E-state index contributed by atoms with van der Waals surface area (Å²) in [5.41, 5.74) is 1.65. The molecule has 0 radical (unpaired) electrons. The summed E-state index contributed by atoms with van der Waals surface area (Å²) in [6.07, 6.45) is 6.37. The van der Waals surface area contributed by atoms with Gasteiger partial charge in [0.2, 0.25) is 11.8 Å². The van der Waals surface area contributed by atoms with Crippen molar-refractivity contribution in [1.82, 2.24) is 20.4 Å². The van der Waals surface area contributed by atoms with Crippen molar-refractivity contribution in [3.05, 3.63) is 23.3 Å². The van der Waals surface area contributed by atoms with Crippen molar-refractivity contribution in [2.24, 2.45) is 11.3 Å². The number of allylic oxidation sites excluding steroid dienone is 2. The van der Waals surface area contributed by atoms with E-state index in [1.807, 2.05) is 6.08 Å². The number of hydrogen-bond acceptors (Lipinski definition) is 4. The first-order valence-corrected chi connectivity index (χ1v) is 12.6. The van der Waals surface area contributed by atoms with Gasteiger partial charge in [0.15, 0.2) is 0 Å². The number of nitrogens with one attached hydrogen (secondary N) is 2. The fourth-order valence-corrected chi connectivity index (χ4v) is 3.94. The summed E-state index contributed by atoms with van der Waals surface area (Å²) in [4.78, 5) is 30.5. The van der Waals surface area contributed by atoms with Crippen LogP contribution in [0.1, 0.15) is 67.7 Å². The lowest BCUT2D eigenvalue weighted by molar-refractivity contribution is -0.123. The summed E-state index contributed by atoms with van der Waals surface area (Å²) in [5, 5.41) is 6.16. The summed E-state index contributed by atoms with van der Waals surface area (Å²) >= 11 is 0. The highest BCUT2D eigenvalue weighted by Gasteiger charge is 2.28. The van der Waals surface area contributed by atoms with Crippen LogP contribution in [0.25, 0.3) is 0 Å². The third-order valence-corrected chi connectivity index (χ3v) is 6.32. The molecule has 0 saturated carbocycles. The topological polar surface area (TPSA) is 64.7 Å². The first-order chi connectivity index (χ1) is 15.2. The van der Waals surface area contributed by atoms with Gasteiger partial charge < -0.3 is 20.4 Å². The molecule has 2 amide bonds. The van der Waals surface area contributed by atoms with Gasteiger partial charge in [0.05, 0.1) is 5.92 Å². The van der Waals surface area contributed by atoms with Gasteiger partial charge in [0.1, 0.15) is 0 Å². The minimum absolute atomic E-state index is 0.0197. The third kappa shape index (κ3) is 9.86. The molecule has 2 N–H and O–H groups in total. The molecule has 6 nitrogen and oxygen atoms in total. The van der Waals surface area contributed by atoms with Gasteiger partial charge in [-0.25, -0.2) is 0 Å². The standard InChI is InChI=1S/C26H48N4O2/c1-8-29(9-2)16-12-14-27-24(31)21-18-22(20-23(19-21)26(5,6)7)25(32)28-15-13-17-30(10-3)11-4/h19-21H,8-18H2,1-7H3,(H,27,31)(H,28,32). The van der Waals surface area contributed by atoms with Crippen molar-refractivity contribution in [2.45, 2.75) is 67.7 Å². The lowest BCUT2D eigenvalue weighted by Crippen LogP contribution is -2.36. The van der Waals surface area contributed by atoms with Crippen LogP contribution in [0, 0.1) is 11.3 Å². The van der Waals surface area contributed by atoms with E-state index in [0.29, 0.717) is 25.1 Å². The fourth-order valence-electron chi connectivity index (χ4n) is 3.94. The maximum atomic E-state index is 12.9. The Labute approximate surface area is 196 Å². The molecule has 0 fully saturated rings. The maximum absolute atomic E-state index is 12.9. The van der Waals surface area contributed by atoms with Gasteiger partial charge in [0, 0.05) is 18.7 Å². The van der Waals surface area contributed by atoms with E-state index in [1.54, 1.807) is 0 Å². The Morgan fingerprint density at radius 1 is 0.906 bits per heavy atom. The predicted octanol–water partition coefficient (Wildman–Crippen LogP) is 3.60. The number of rotatable bonds is 14. The minimum atomic E-state index is -0.292. The molecule has 1 atom stereocenters. The summed E-state index contributed by atoms with van der Waals surface area (Å²) in [6.45, 7) is 22.4.